The zero-order valence-electron chi connectivity index (χ0n) is 20.1. The van der Waals surface area contributed by atoms with Gasteiger partial charge in [-0.1, -0.05) is 0 Å². The van der Waals surface area contributed by atoms with E-state index in [0.29, 0.717) is 55.3 Å². The summed E-state index contributed by atoms with van der Waals surface area (Å²) in [6.07, 6.45) is 2.97. The third-order valence-electron chi connectivity index (χ3n) is 6.75. The second-order valence-corrected chi connectivity index (χ2v) is 9.28. The number of rotatable bonds is 6. The van der Waals surface area contributed by atoms with Crippen LogP contribution in [0.4, 0.5) is 11.5 Å². The lowest BCUT2D eigenvalue weighted by Crippen LogP contribution is -2.38. The number of pyridine rings is 2. The largest absolute Gasteiger partial charge is 0.493 e. The molecule has 4 heterocycles. The summed E-state index contributed by atoms with van der Waals surface area (Å²) in [5.74, 6) is -0.949. The average molecular weight is 492 g/mol. The van der Waals surface area contributed by atoms with E-state index < -0.39 is 12.0 Å². The first kappa shape index (κ1) is 24.0. The SMILES string of the molecule is Cc1cc(O)nc2ccc(NC(=O)c3cc(CN4CCOCC4)cnc3N3CCC[C@H]3C(=O)O)cc12. The van der Waals surface area contributed by atoms with Gasteiger partial charge >= 0.3 is 5.97 Å². The van der Waals surface area contributed by atoms with E-state index >= 15 is 0 Å². The minimum atomic E-state index is -0.918. The number of benzene rings is 1. The Hall–Kier alpha value is -3.76. The predicted octanol–water partition coefficient (Wildman–Crippen LogP) is 2.78. The minimum Gasteiger partial charge on any atom is -0.493 e. The van der Waals surface area contributed by atoms with Crippen LogP contribution in [0.2, 0.25) is 0 Å². The van der Waals surface area contributed by atoms with Crippen LogP contribution in [0.15, 0.2) is 36.5 Å². The van der Waals surface area contributed by atoms with Crippen LogP contribution in [-0.2, 0) is 16.1 Å². The van der Waals surface area contributed by atoms with Gasteiger partial charge in [-0.2, -0.15) is 0 Å². The van der Waals surface area contributed by atoms with E-state index in [1.165, 1.54) is 0 Å². The Kier molecular flexibility index (Phi) is 6.71. The zero-order chi connectivity index (χ0) is 25.2. The second-order valence-electron chi connectivity index (χ2n) is 9.28. The van der Waals surface area contributed by atoms with Crippen molar-refractivity contribution in [1.29, 1.82) is 0 Å². The number of amides is 1. The number of hydrogen-bond acceptors (Lipinski definition) is 8. The van der Waals surface area contributed by atoms with Crippen molar-refractivity contribution in [3.8, 4) is 5.88 Å². The Bertz CT molecular complexity index is 1310. The maximum Gasteiger partial charge on any atom is 0.326 e. The van der Waals surface area contributed by atoms with Crippen LogP contribution < -0.4 is 10.2 Å². The summed E-state index contributed by atoms with van der Waals surface area (Å²) < 4.78 is 5.43. The molecule has 2 aliphatic heterocycles. The van der Waals surface area contributed by atoms with E-state index in [1.54, 1.807) is 29.3 Å². The predicted molar refractivity (Wildman–Crippen MR) is 134 cm³/mol. The van der Waals surface area contributed by atoms with E-state index in [1.807, 2.05) is 19.1 Å². The molecule has 2 saturated heterocycles. The van der Waals surface area contributed by atoms with Gasteiger partial charge in [0.15, 0.2) is 0 Å². The Morgan fingerprint density at radius 3 is 2.75 bits per heavy atom. The molecule has 5 rings (SSSR count). The molecule has 10 heteroatoms. The van der Waals surface area contributed by atoms with Crippen LogP contribution in [0.25, 0.3) is 10.9 Å². The number of aromatic hydroxyl groups is 1. The summed E-state index contributed by atoms with van der Waals surface area (Å²) in [6, 6.07) is 7.96. The number of hydrogen-bond donors (Lipinski definition) is 3. The number of carbonyl (C=O) groups excluding carboxylic acids is 1. The van der Waals surface area contributed by atoms with Crippen molar-refractivity contribution in [3.05, 3.63) is 53.2 Å². The summed E-state index contributed by atoms with van der Waals surface area (Å²) in [7, 11) is 0. The number of carboxylic acids is 1. The highest BCUT2D eigenvalue weighted by Gasteiger charge is 2.34. The molecule has 1 amide bonds. The Morgan fingerprint density at radius 2 is 1.97 bits per heavy atom. The number of carboxylic acid groups (broad SMARTS) is 1. The highest BCUT2D eigenvalue weighted by Crippen LogP contribution is 2.30. The summed E-state index contributed by atoms with van der Waals surface area (Å²) in [5.41, 5.74) is 3.26. The fourth-order valence-electron chi connectivity index (χ4n) is 4.93. The maximum absolute atomic E-state index is 13.6. The van der Waals surface area contributed by atoms with Crippen molar-refractivity contribution >= 4 is 34.3 Å². The highest BCUT2D eigenvalue weighted by molar-refractivity contribution is 6.08. The summed E-state index contributed by atoms with van der Waals surface area (Å²) in [4.78, 5) is 38.1. The van der Waals surface area contributed by atoms with Gasteiger partial charge < -0.3 is 25.2 Å². The molecule has 0 unspecified atom stereocenters. The number of anilines is 2. The maximum atomic E-state index is 13.6. The van der Waals surface area contributed by atoms with E-state index in [2.05, 4.69) is 20.2 Å². The Morgan fingerprint density at radius 1 is 1.17 bits per heavy atom. The van der Waals surface area contributed by atoms with Crippen molar-refractivity contribution in [2.75, 3.05) is 43.1 Å². The van der Waals surface area contributed by atoms with Crippen LogP contribution in [0, 0.1) is 6.92 Å². The van der Waals surface area contributed by atoms with Crippen molar-refractivity contribution < 1.29 is 24.5 Å². The molecular formula is C26H29N5O5. The van der Waals surface area contributed by atoms with Gasteiger partial charge in [0, 0.05) is 49.5 Å². The van der Waals surface area contributed by atoms with Crippen LogP contribution in [-0.4, -0.2) is 75.8 Å². The van der Waals surface area contributed by atoms with Gasteiger partial charge in [0.25, 0.3) is 5.91 Å². The molecule has 2 fully saturated rings. The molecular weight excluding hydrogens is 462 g/mol. The van der Waals surface area contributed by atoms with Gasteiger partial charge in [-0.25, -0.2) is 14.8 Å². The summed E-state index contributed by atoms with van der Waals surface area (Å²) >= 11 is 0. The van der Waals surface area contributed by atoms with Crippen LogP contribution in [0.1, 0.15) is 34.3 Å². The second kappa shape index (κ2) is 10.1. The highest BCUT2D eigenvalue weighted by atomic mass is 16.5. The van der Waals surface area contributed by atoms with E-state index in [-0.39, 0.29) is 11.8 Å². The average Bonchev–Trinajstić information content (AvgIpc) is 3.35. The standard InChI is InChI=1S/C26H29N5O5/c1-16-11-23(32)29-21-5-4-18(13-19(16)21)28-25(33)20-12-17(15-30-7-9-36-10-8-30)14-27-24(20)31-6-2-3-22(31)26(34)35/h4-5,11-14,22H,2-3,6-10,15H2,1H3,(H,28,33)(H,29,32)(H,34,35)/t22-/m0/s1. The van der Waals surface area contributed by atoms with Gasteiger partial charge in [-0.3, -0.25) is 9.69 Å². The van der Waals surface area contributed by atoms with Gasteiger partial charge in [-0.05, 0) is 55.2 Å². The number of aromatic nitrogens is 2. The molecule has 2 aliphatic rings. The topological polar surface area (TPSA) is 128 Å². The van der Waals surface area contributed by atoms with Crippen LogP contribution >= 0.6 is 0 Å². The number of aliphatic carboxylic acids is 1. The van der Waals surface area contributed by atoms with Gasteiger partial charge in [0.2, 0.25) is 5.88 Å². The first-order chi connectivity index (χ1) is 17.4. The Balaban J connectivity index is 1.47. The molecule has 0 spiro atoms. The fraction of sp³-hybridized carbons (Fsp3) is 0.385. The lowest BCUT2D eigenvalue weighted by Gasteiger charge is -2.28. The molecule has 1 atom stereocenters. The first-order valence-electron chi connectivity index (χ1n) is 12.1. The van der Waals surface area contributed by atoms with Gasteiger partial charge in [0.1, 0.15) is 11.9 Å². The van der Waals surface area contributed by atoms with E-state index in [9.17, 15) is 19.8 Å². The molecule has 188 valence electrons. The molecule has 0 aliphatic carbocycles. The molecule has 0 bridgehead atoms. The number of aryl methyl sites for hydroxylation is 1. The third-order valence-corrected chi connectivity index (χ3v) is 6.75. The number of nitrogens with one attached hydrogen (secondary N) is 1. The molecule has 0 radical (unpaired) electrons. The minimum absolute atomic E-state index is 0.0526. The molecule has 1 aromatic carbocycles. The quantitative estimate of drug-likeness (QED) is 0.477. The monoisotopic (exact) mass is 491 g/mol. The van der Waals surface area contributed by atoms with Crippen molar-refractivity contribution in [2.45, 2.75) is 32.4 Å². The number of carbonyl (C=O) groups is 2. The van der Waals surface area contributed by atoms with Gasteiger partial charge in [-0.15, -0.1) is 0 Å². The molecule has 2 aromatic heterocycles. The van der Waals surface area contributed by atoms with E-state index in [0.717, 1.165) is 36.0 Å². The fourth-order valence-corrected chi connectivity index (χ4v) is 4.93. The Labute approximate surface area is 208 Å². The molecule has 3 aromatic rings. The van der Waals surface area contributed by atoms with Crippen LogP contribution in [0.3, 0.4) is 0 Å². The lowest BCUT2D eigenvalue weighted by molar-refractivity contribution is -0.138. The molecule has 36 heavy (non-hydrogen) atoms. The number of nitrogens with zero attached hydrogens (tertiary/aromatic N) is 4. The zero-order valence-corrected chi connectivity index (χ0v) is 20.1. The first-order valence-corrected chi connectivity index (χ1v) is 12.1. The molecule has 3 N–H and O–H groups in total. The van der Waals surface area contributed by atoms with E-state index in [4.69, 9.17) is 4.74 Å². The summed E-state index contributed by atoms with van der Waals surface area (Å²) in [5, 5.41) is 23.3. The summed E-state index contributed by atoms with van der Waals surface area (Å²) in [6.45, 7) is 5.96. The van der Waals surface area contributed by atoms with Crippen molar-refractivity contribution in [2.24, 2.45) is 0 Å². The molecule has 0 saturated carbocycles. The number of morpholine rings is 1. The van der Waals surface area contributed by atoms with Gasteiger partial charge in [0.05, 0.1) is 24.3 Å². The third kappa shape index (κ3) is 4.95. The molecule has 10 nitrogen and oxygen atoms in total. The smallest absolute Gasteiger partial charge is 0.326 e. The van der Waals surface area contributed by atoms with Crippen molar-refractivity contribution in [3.63, 3.8) is 0 Å². The number of ether oxygens (including phenoxy) is 1. The number of fused-ring (bicyclic) bond motifs is 1. The normalized spacial score (nSPS) is 18.5. The van der Waals surface area contributed by atoms with Crippen molar-refractivity contribution in [1.82, 2.24) is 14.9 Å². The van der Waals surface area contributed by atoms with Crippen LogP contribution in [0.5, 0.6) is 5.88 Å². The lowest BCUT2D eigenvalue weighted by atomic mass is 10.1.